The van der Waals surface area contributed by atoms with E-state index < -0.39 is 11.9 Å². The first-order valence-corrected chi connectivity index (χ1v) is 9.21. The molecule has 0 saturated carbocycles. The second-order valence-electron chi connectivity index (χ2n) is 5.83. The van der Waals surface area contributed by atoms with Gasteiger partial charge >= 0.3 is 6.03 Å². The molecule has 0 aliphatic carbocycles. The van der Waals surface area contributed by atoms with E-state index in [0.717, 1.165) is 11.1 Å². The van der Waals surface area contributed by atoms with Crippen LogP contribution in [0.3, 0.4) is 0 Å². The molecule has 3 amide bonds. The van der Waals surface area contributed by atoms with Crippen LogP contribution in [0.1, 0.15) is 11.3 Å². The minimum Gasteiger partial charge on any atom is -0.467 e. The number of amides is 3. The molecule has 0 unspecified atom stereocenters. The highest BCUT2D eigenvalue weighted by Gasteiger charge is 2.14. The SMILES string of the molecule is Cc1ccc(-c2nnc(SCC(=O)NC(=O)NCc3ccco3)n2C)cc1. The van der Waals surface area contributed by atoms with Crippen molar-refractivity contribution in [3.8, 4) is 11.4 Å². The highest BCUT2D eigenvalue weighted by Crippen LogP contribution is 2.22. The molecular formula is C18H19N5O3S. The lowest BCUT2D eigenvalue weighted by Gasteiger charge is -2.06. The summed E-state index contributed by atoms with van der Waals surface area (Å²) in [5.41, 5.74) is 2.11. The summed E-state index contributed by atoms with van der Waals surface area (Å²) in [5, 5.41) is 13.7. The van der Waals surface area contributed by atoms with Crippen LogP contribution in [0.5, 0.6) is 0 Å². The Morgan fingerprint density at radius 3 is 2.67 bits per heavy atom. The zero-order valence-electron chi connectivity index (χ0n) is 14.9. The van der Waals surface area contributed by atoms with Crippen molar-refractivity contribution in [3.63, 3.8) is 0 Å². The monoisotopic (exact) mass is 385 g/mol. The molecule has 0 fully saturated rings. The molecule has 0 radical (unpaired) electrons. The van der Waals surface area contributed by atoms with E-state index in [1.54, 1.807) is 12.1 Å². The van der Waals surface area contributed by atoms with Crippen molar-refractivity contribution < 1.29 is 14.0 Å². The Morgan fingerprint density at radius 2 is 1.96 bits per heavy atom. The number of carbonyl (C=O) groups excluding carboxylic acids is 2. The molecular weight excluding hydrogens is 366 g/mol. The van der Waals surface area contributed by atoms with Crippen LogP contribution in [-0.2, 0) is 18.4 Å². The standard InChI is InChI=1S/C18H19N5O3S/c1-12-5-7-13(8-6-12)16-21-22-18(23(16)2)27-11-15(24)20-17(25)19-10-14-4-3-9-26-14/h3-9H,10-11H2,1-2H3,(H2,19,20,24,25). The maximum atomic E-state index is 11.9. The quantitative estimate of drug-likeness (QED) is 0.632. The van der Waals surface area contributed by atoms with Gasteiger partial charge in [0.1, 0.15) is 5.76 Å². The fourth-order valence-corrected chi connectivity index (χ4v) is 3.02. The average Bonchev–Trinajstić information content (AvgIpc) is 3.29. The van der Waals surface area contributed by atoms with E-state index >= 15 is 0 Å². The minimum absolute atomic E-state index is 0.0496. The summed E-state index contributed by atoms with van der Waals surface area (Å²) in [5.74, 6) is 0.953. The number of carbonyl (C=O) groups is 2. The first-order valence-electron chi connectivity index (χ1n) is 8.22. The van der Waals surface area contributed by atoms with Crippen molar-refractivity contribution in [3.05, 3.63) is 54.0 Å². The normalized spacial score (nSPS) is 10.6. The number of hydrogen-bond donors (Lipinski definition) is 2. The summed E-state index contributed by atoms with van der Waals surface area (Å²) in [4.78, 5) is 23.7. The molecule has 3 aromatic rings. The van der Waals surface area contributed by atoms with Gasteiger partial charge in [-0.25, -0.2) is 4.79 Å². The number of imide groups is 1. The third-order valence-corrected chi connectivity index (χ3v) is 4.75. The van der Waals surface area contributed by atoms with Gasteiger partial charge in [0.05, 0.1) is 18.6 Å². The van der Waals surface area contributed by atoms with Gasteiger partial charge in [0, 0.05) is 12.6 Å². The number of urea groups is 1. The zero-order valence-corrected chi connectivity index (χ0v) is 15.7. The summed E-state index contributed by atoms with van der Waals surface area (Å²) < 4.78 is 6.92. The fourth-order valence-electron chi connectivity index (χ4n) is 2.31. The Kier molecular flexibility index (Phi) is 5.92. The average molecular weight is 385 g/mol. The van der Waals surface area contributed by atoms with Crippen LogP contribution in [0.4, 0.5) is 4.79 Å². The summed E-state index contributed by atoms with van der Waals surface area (Å²) in [6.07, 6.45) is 1.52. The van der Waals surface area contributed by atoms with Crippen LogP contribution in [0.15, 0.2) is 52.2 Å². The van der Waals surface area contributed by atoms with Gasteiger partial charge in [-0.3, -0.25) is 10.1 Å². The maximum absolute atomic E-state index is 11.9. The topological polar surface area (TPSA) is 102 Å². The lowest BCUT2D eigenvalue weighted by molar-refractivity contribution is -0.117. The first-order chi connectivity index (χ1) is 13.0. The van der Waals surface area contributed by atoms with Crippen LogP contribution in [0.25, 0.3) is 11.4 Å². The molecule has 9 heteroatoms. The third-order valence-electron chi connectivity index (χ3n) is 3.73. The molecule has 140 valence electrons. The molecule has 3 rings (SSSR count). The van der Waals surface area contributed by atoms with E-state index in [-0.39, 0.29) is 12.3 Å². The van der Waals surface area contributed by atoms with Crippen LogP contribution in [0.2, 0.25) is 0 Å². The molecule has 0 atom stereocenters. The molecule has 0 aliphatic heterocycles. The Bertz CT molecular complexity index is 919. The largest absolute Gasteiger partial charge is 0.467 e. The van der Waals surface area contributed by atoms with Gasteiger partial charge in [-0.05, 0) is 19.1 Å². The molecule has 2 N–H and O–H groups in total. The predicted octanol–water partition coefficient (Wildman–Crippen LogP) is 2.50. The smallest absolute Gasteiger partial charge is 0.321 e. The van der Waals surface area contributed by atoms with E-state index in [2.05, 4.69) is 20.8 Å². The van der Waals surface area contributed by atoms with Gasteiger partial charge in [0.25, 0.3) is 0 Å². The third kappa shape index (κ3) is 4.98. The second kappa shape index (κ2) is 8.54. The maximum Gasteiger partial charge on any atom is 0.321 e. The first kappa shape index (κ1) is 18.7. The van der Waals surface area contributed by atoms with Crippen molar-refractivity contribution in [2.75, 3.05) is 5.75 Å². The Labute approximate surface area is 160 Å². The van der Waals surface area contributed by atoms with E-state index in [9.17, 15) is 9.59 Å². The molecule has 1 aromatic carbocycles. The Hall–Kier alpha value is -3.07. The van der Waals surface area contributed by atoms with Crippen molar-refractivity contribution in [2.45, 2.75) is 18.6 Å². The number of furan rings is 1. The molecule has 2 heterocycles. The number of rotatable bonds is 6. The number of hydrogen-bond acceptors (Lipinski definition) is 6. The molecule has 0 aliphatic rings. The van der Waals surface area contributed by atoms with Crippen LogP contribution in [-0.4, -0.2) is 32.5 Å². The number of benzene rings is 1. The van der Waals surface area contributed by atoms with Crippen molar-refractivity contribution >= 4 is 23.7 Å². The lowest BCUT2D eigenvalue weighted by atomic mass is 10.1. The second-order valence-corrected chi connectivity index (χ2v) is 6.77. The number of aromatic nitrogens is 3. The molecule has 27 heavy (non-hydrogen) atoms. The highest BCUT2D eigenvalue weighted by atomic mass is 32.2. The highest BCUT2D eigenvalue weighted by molar-refractivity contribution is 7.99. The van der Waals surface area contributed by atoms with Crippen molar-refractivity contribution in [1.29, 1.82) is 0 Å². The van der Waals surface area contributed by atoms with Crippen LogP contribution in [0, 0.1) is 6.92 Å². The fraction of sp³-hybridized carbons (Fsp3) is 0.222. The van der Waals surface area contributed by atoms with Gasteiger partial charge < -0.3 is 14.3 Å². The van der Waals surface area contributed by atoms with Crippen LogP contribution < -0.4 is 10.6 Å². The summed E-state index contributed by atoms with van der Waals surface area (Å²) >= 11 is 1.21. The molecule has 2 aromatic heterocycles. The van der Waals surface area contributed by atoms with Gasteiger partial charge in [0.15, 0.2) is 11.0 Å². The van der Waals surface area contributed by atoms with E-state index in [0.29, 0.717) is 16.7 Å². The number of thioether (sulfide) groups is 1. The lowest BCUT2D eigenvalue weighted by Crippen LogP contribution is -2.39. The number of nitrogens with zero attached hydrogens (tertiary/aromatic N) is 3. The van der Waals surface area contributed by atoms with Gasteiger partial charge in [-0.2, -0.15) is 0 Å². The molecule has 0 saturated heterocycles. The summed E-state index contributed by atoms with van der Waals surface area (Å²) in [6.45, 7) is 2.23. The predicted molar refractivity (Wildman–Crippen MR) is 101 cm³/mol. The number of aryl methyl sites for hydroxylation is 1. The van der Waals surface area contributed by atoms with E-state index in [4.69, 9.17) is 4.42 Å². The van der Waals surface area contributed by atoms with Gasteiger partial charge in [-0.15, -0.1) is 10.2 Å². The van der Waals surface area contributed by atoms with Gasteiger partial charge in [-0.1, -0.05) is 41.6 Å². The van der Waals surface area contributed by atoms with Crippen molar-refractivity contribution in [1.82, 2.24) is 25.4 Å². The minimum atomic E-state index is -0.574. The Morgan fingerprint density at radius 1 is 1.19 bits per heavy atom. The Balaban J connectivity index is 1.50. The zero-order chi connectivity index (χ0) is 19.2. The molecule has 0 bridgehead atoms. The van der Waals surface area contributed by atoms with E-state index in [1.165, 1.54) is 18.0 Å². The summed E-state index contributed by atoms with van der Waals surface area (Å²) in [6, 6.07) is 10.8. The van der Waals surface area contributed by atoms with Crippen LogP contribution >= 0.6 is 11.8 Å². The van der Waals surface area contributed by atoms with Crippen molar-refractivity contribution in [2.24, 2.45) is 7.05 Å². The number of nitrogens with one attached hydrogen (secondary N) is 2. The molecule has 8 nitrogen and oxygen atoms in total. The summed E-state index contributed by atoms with van der Waals surface area (Å²) in [7, 11) is 1.84. The van der Waals surface area contributed by atoms with Gasteiger partial charge in [0.2, 0.25) is 5.91 Å². The van der Waals surface area contributed by atoms with E-state index in [1.807, 2.05) is 42.8 Å². The molecule has 0 spiro atoms.